The van der Waals surface area contributed by atoms with Gasteiger partial charge in [-0.25, -0.2) is 8.78 Å². The van der Waals surface area contributed by atoms with Gasteiger partial charge >= 0.3 is 0 Å². The molecule has 0 fully saturated rings. The molecule has 0 saturated carbocycles. The fourth-order valence-corrected chi connectivity index (χ4v) is 1.89. The Morgan fingerprint density at radius 1 is 1.39 bits per heavy atom. The number of hydrogen-bond donors (Lipinski definition) is 1. The van der Waals surface area contributed by atoms with Gasteiger partial charge in [0.25, 0.3) is 0 Å². The molecule has 0 radical (unpaired) electrons. The van der Waals surface area contributed by atoms with Crippen molar-refractivity contribution in [3.8, 4) is 0 Å². The third kappa shape index (κ3) is 2.73. The second-order valence-corrected chi connectivity index (χ2v) is 4.31. The molecule has 0 spiro atoms. The molecule has 1 unspecified atom stereocenters. The van der Waals surface area contributed by atoms with Crippen molar-refractivity contribution in [3.63, 3.8) is 0 Å². The SMILES string of the molecule is Cn1cc(CCC(N)c2cccc(F)c2F)cn1. The molecule has 0 aliphatic carbocycles. The first kappa shape index (κ1) is 12.7. The number of rotatable bonds is 4. The summed E-state index contributed by atoms with van der Waals surface area (Å²) in [6.45, 7) is 0. The zero-order valence-electron chi connectivity index (χ0n) is 10.1. The standard InChI is InChI=1S/C13H15F2N3/c1-18-8-9(7-17-18)5-6-12(16)10-3-2-4-11(14)13(10)15/h2-4,7-8,12H,5-6,16H2,1H3. The van der Waals surface area contributed by atoms with Crippen LogP contribution < -0.4 is 5.73 Å². The highest BCUT2D eigenvalue weighted by Gasteiger charge is 2.14. The maximum absolute atomic E-state index is 13.5. The van der Waals surface area contributed by atoms with Crippen LogP contribution in [0.5, 0.6) is 0 Å². The molecule has 96 valence electrons. The van der Waals surface area contributed by atoms with Gasteiger partial charge in [0.15, 0.2) is 11.6 Å². The van der Waals surface area contributed by atoms with Crippen LogP contribution in [0.15, 0.2) is 30.6 Å². The van der Waals surface area contributed by atoms with Gasteiger partial charge in [-0.15, -0.1) is 0 Å². The molecule has 2 aromatic rings. The molecule has 1 aromatic heterocycles. The second kappa shape index (κ2) is 5.27. The maximum Gasteiger partial charge on any atom is 0.163 e. The van der Waals surface area contributed by atoms with E-state index in [0.717, 1.165) is 11.6 Å². The smallest absolute Gasteiger partial charge is 0.163 e. The molecule has 0 amide bonds. The van der Waals surface area contributed by atoms with Gasteiger partial charge in [-0.1, -0.05) is 12.1 Å². The van der Waals surface area contributed by atoms with E-state index in [1.807, 2.05) is 13.2 Å². The minimum absolute atomic E-state index is 0.221. The Morgan fingerprint density at radius 2 is 2.17 bits per heavy atom. The molecule has 2 N–H and O–H groups in total. The summed E-state index contributed by atoms with van der Waals surface area (Å²) in [7, 11) is 1.83. The Kier molecular flexibility index (Phi) is 3.72. The van der Waals surface area contributed by atoms with E-state index in [2.05, 4.69) is 5.10 Å². The van der Waals surface area contributed by atoms with Crippen LogP contribution in [0.25, 0.3) is 0 Å². The quantitative estimate of drug-likeness (QED) is 0.906. The van der Waals surface area contributed by atoms with Crippen LogP contribution in [0.2, 0.25) is 0 Å². The normalized spacial score (nSPS) is 12.7. The predicted octanol–water partition coefficient (Wildman–Crippen LogP) is 2.33. The van der Waals surface area contributed by atoms with Gasteiger partial charge in [0, 0.05) is 24.8 Å². The second-order valence-electron chi connectivity index (χ2n) is 4.31. The van der Waals surface area contributed by atoms with E-state index in [1.165, 1.54) is 12.1 Å². The molecular formula is C13H15F2N3. The lowest BCUT2D eigenvalue weighted by atomic mass is 10.0. The van der Waals surface area contributed by atoms with Crippen molar-refractivity contribution in [1.29, 1.82) is 0 Å². The highest BCUT2D eigenvalue weighted by Crippen LogP contribution is 2.21. The molecule has 0 bridgehead atoms. The van der Waals surface area contributed by atoms with Crippen molar-refractivity contribution in [2.45, 2.75) is 18.9 Å². The number of halogens is 2. The lowest BCUT2D eigenvalue weighted by Crippen LogP contribution is -2.13. The molecule has 1 heterocycles. The average molecular weight is 251 g/mol. The Hall–Kier alpha value is -1.75. The lowest BCUT2D eigenvalue weighted by Gasteiger charge is -2.12. The molecule has 1 aromatic carbocycles. The molecule has 5 heteroatoms. The van der Waals surface area contributed by atoms with Crippen molar-refractivity contribution in [3.05, 3.63) is 53.4 Å². The topological polar surface area (TPSA) is 43.8 Å². The summed E-state index contributed by atoms with van der Waals surface area (Å²) < 4.78 is 28.3. The van der Waals surface area contributed by atoms with Gasteiger partial charge in [-0.2, -0.15) is 5.10 Å². The van der Waals surface area contributed by atoms with Crippen LogP contribution in [0.3, 0.4) is 0 Å². The first-order valence-corrected chi connectivity index (χ1v) is 5.75. The summed E-state index contributed by atoms with van der Waals surface area (Å²) in [5, 5.41) is 4.04. The van der Waals surface area contributed by atoms with Gasteiger partial charge < -0.3 is 5.73 Å². The zero-order valence-corrected chi connectivity index (χ0v) is 10.1. The minimum atomic E-state index is -0.857. The Bertz CT molecular complexity index is 537. The van der Waals surface area contributed by atoms with Gasteiger partial charge in [0.1, 0.15) is 0 Å². The highest BCUT2D eigenvalue weighted by atomic mass is 19.2. The van der Waals surface area contributed by atoms with Crippen molar-refractivity contribution >= 4 is 0 Å². The number of nitrogens with zero attached hydrogens (tertiary/aromatic N) is 2. The Labute approximate surface area is 104 Å². The van der Waals surface area contributed by atoms with Crippen molar-refractivity contribution in [2.75, 3.05) is 0 Å². The van der Waals surface area contributed by atoms with E-state index in [1.54, 1.807) is 10.9 Å². The zero-order chi connectivity index (χ0) is 13.1. The fourth-order valence-electron chi connectivity index (χ4n) is 1.89. The molecular weight excluding hydrogens is 236 g/mol. The summed E-state index contributed by atoms with van der Waals surface area (Å²) in [5.41, 5.74) is 7.14. The average Bonchev–Trinajstić information content (AvgIpc) is 2.76. The monoisotopic (exact) mass is 251 g/mol. The third-order valence-electron chi connectivity index (χ3n) is 2.88. The Balaban J connectivity index is 2.03. The van der Waals surface area contributed by atoms with E-state index >= 15 is 0 Å². The largest absolute Gasteiger partial charge is 0.324 e. The Morgan fingerprint density at radius 3 is 2.83 bits per heavy atom. The highest BCUT2D eigenvalue weighted by molar-refractivity contribution is 5.22. The number of nitrogens with two attached hydrogens (primary N) is 1. The first-order chi connectivity index (χ1) is 8.58. The number of hydrogen-bond acceptors (Lipinski definition) is 2. The summed E-state index contributed by atoms with van der Waals surface area (Å²) in [4.78, 5) is 0. The van der Waals surface area contributed by atoms with E-state index in [9.17, 15) is 8.78 Å². The molecule has 0 saturated heterocycles. The van der Waals surface area contributed by atoms with Crippen LogP contribution in [-0.2, 0) is 13.5 Å². The van der Waals surface area contributed by atoms with Crippen molar-refractivity contribution in [1.82, 2.24) is 9.78 Å². The third-order valence-corrected chi connectivity index (χ3v) is 2.88. The summed E-state index contributed by atoms with van der Waals surface area (Å²) in [6, 6.07) is 3.57. The first-order valence-electron chi connectivity index (χ1n) is 5.75. The van der Waals surface area contributed by atoms with Crippen LogP contribution in [-0.4, -0.2) is 9.78 Å². The van der Waals surface area contributed by atoms with Crippen LogP contribution in [0.1, 0.15) is 23.6 Å². The molecule has 0 aliphatic rings. The van der Waals surface area contributed by atoms with E-state index in [-0.39, 0.29) is 5.56 Å². The molecule has 18 heavy (non-hydrogen) atoms. The predicted molar refractivity (Wildman–Crippen MR) is 64.8 cm³/mol. The fraction of sp³-hybridized carbons (Fsp3) is 0.308. The van der Waals surface area contributed by atoms with E-state index < -0.39 is 17.7 Å². The molecule has 3 nitrogen and oxygen atoms in total. The summed E-state index contributed by atoms with van der Waals surface area (Å²) in [6.07, 6.45) is 4.86. The van der Waals surface area contributed by atoms with Gasteiger partial charge in [-0.3, -0.25) is 4.68 Å². The summed E-state index contributed by atoms with van der Waals surface area (Å²) in [5.74, 6) is -1.71. The van der Waals surface area contributed by atoms with E-state index in [0.29, 0.717) is 12.8 Å². The number of aromatic nitrogens is 2. The minimum Gasteiger partial charge on any atom is -0.324 e. The van der Waals surface area contributed by atoms with Crippen LogP contribution in [0.4, 0.5) is 8.78 Å². The number of aryl methyl sites for hydroxylation is 2. The maximum atomic E-state index is 13.5. The van der Waals surface area contributed by atoms with Gasteiger partial charge in [0.05, 0.1) is 6.20 Å². The van der Waals surface area contributed by atoms with Crippen LogP contribution >= 0.6 is 0 Å². The molecule has 2 rings (SSSR count). The van der Waals surface area contributed by atoms with Gasteiger partial charge in [-0.05, 0) is 24.5 Å². The van der Waals surface area contributed by atoms with Crippen LogP contribution in [0, 0.1) is 11.6 Å². The molecule has 1 atom stereocenters. The van der Waals surface area contributed by atoms with Crippen molar-refractivity contribution in [2.24, 2.45) is 12.8 Å². The van der Waals surface area contributed by atoms with E-state index in [4.69, 9.17) is 5.73 Å². The summed E-state index contributed by atoms with van der Waals surface area (Å²) >= 11 is 0. The van der Waals surface area contributed by atoms with Crippen molar-refractivity contribution < 1.29 is 8.78 Å². The molecule has 0 aliphatic heterocycles. The number of benzene rings is 1. The van der Waals surface area contributed by atoms with Gasteiger partial charge in [0.2, 0.25) is 0 Å². The lowest BCUT2D eigenvalue weighted by molar-refractivity contribution is 0.483.